The first kappa shape index (κ1) is 23.0. The number of hydrogen-bond donors (Lipinski definition) is 1. The molecule has 1 fully saturated rings. The van der Waals surface area contributed by atoms with Crippen molar-refractivity contribution in [3.05, 3.63) is 88.5 Å². The minimum absolute atomic E-state index is 0.0503. The Morgan fingerprint density at radius 3 is 2.57 bits per heavy atom. The van der Waals surface area contributed by atoms with Gasteiger partial charge in [-0.15, -0.1) is 0 Å². The number of benzene rings is 3. The van der Waals surface area contributed by atoms with Gasteiger partial charge in [-0.05, 0) is 70.8 Å². The molecule has 7 heteroatoms. The molecule has 0 bridgehead atoms. The van der Waals surface area contributed by atoms with Crippen LogP contribution in [-0.4, -0.2) is 35.5 Å². The van der Waals surface area contributed by atoms with E-state index in [1.165, 1.54) is 19.2 Å². The molecule has 2 aliphatic rings. The summed E-state index contributed by atoms with van der Waals surface area (Å²) < 4.78 is 34.5. The fourth-order valence-corrected chi connectivity index (χ4v) is 5.14. The van der Waals surface area contributed by atoms with Crippen LogP contribution in [0.3, 0.4) is 0 Å². The highest BCUT2D eigenvalue weighted by atomic mass is 19.1. The van der Waals surface area contributed by atoms with Gasteiger partial charge in [0.1, 0.15) is 17.4 Å². The minimum Gasteiger partial charge on any atom is -0.496 e. The summed E-state index contributed by atoms with van der Waals surface area (Å²) in [6.45, 7) is 0.622. The summed E-state index contributed by atoms with van der Waals surface area (Å²) in [4.78, 5) is 26.3. The molecule has 5 rings (SSSR count). The Bertz CT molecular complexity index is 1320. The van der Waals surface area contributed by atoms with Gasteiger partial charge < -0.3 is 14.7 Å². The maximum absolute atomic E-state index is 14.8. The second-order valence-corrected chi connectivity index (χ2v) is 9.14. The lowest BCUT2D eigenvalue weighted by molar-refractivity contribution is -0.136. The average molecular weight is 478 g/mol. The van der Waals surface area contributed by atoms with Crippen LogP contribution in [0.4, 0.5) is 8.78 Å². The first-order chi connectivity index (χ1) is 16.9. The number of carbonyl (C=O) groups is 2. The van der Waals surface area contributed by atoms with Crippen molar-refractivity contribution in [1.82, 2.24) is 4.90 Å². The van der Waals surface area contributed by atoms with E-state index in [9.17, 15) is 23.5 Å². The maximum atomic E-state index is 14.8. The fourth-order valence-electron chi connectivity index (χ4n) is 5.14. The molecule has 0 radical (unpaired) electrons. The number of amides is 1. The van der Waals surface area contributed by atoms with Crippen LogP contribution in [-0.2, 0) is 29.0 Å². The molecular weight excluding hydrogens is 452 g/mol. The second-order valence-electron chi connectivity index (χ2n) is 9.14. The molecule has 0 aromatic heterocycles. The van der Waals surface area contributed by atoms with Gasteiger partial charge in [-0.3, -0.25) is 9.59 Å². The van der Waals surface area contributed by atoms with Gasteiger partial charge in [0, 0.05) is 24.6 Å². The zero-order chi connectivity index (χ0) is 24.7. The summed E-state index contributed by atoms with van der Waals surface area (Å²) in [6, 6.07) is 14.8. The third-order valence-electron chi connectivity index (χ3n) is 6.99. The van der Waals surface area contributed by atoms with Crippen LogP contribution in [0, 0.1) is 17.6 Å². The summed E-state index contributed by atoms with van der Waals surface area (Å²) in [6.07, 6.45) is 0.823. The highest BCUT2D eigenvalue weighted by Gasteiger charge is 2.47. The molecule has 35 heavy (non-hydrogen) atoms. The summed E-state index contributed by atoms with van der Waals surface area (Å²) in [5, 5.41) is 9.21. The Balaban J connectivity index is 1.46. The summed E-state index contributed by atoms with van der Waals surface area (Å²) in [5.74, 6) is -1.50. The molecule has 3 aromatic rings. The van der Waals surface area contributed by atoms with Gasteiger partial charge in [-0.25, -0.2) is 8.78 Å². The number of rotatable bonds is 6. The Morgan fingerprint density at radius 2 is 1.83 bits per heavy atom. The molecular formula is C28H25F2NO4. The van der Waals surface area contributed by atoms with Crippen molar-refractivity contribution in [2.75, 3.05) is 13.7 Å². The molecule has 0 saturated heterocycles. The van der Waals surface area contributed by atoms with Gasteiger partial charge in [-0.1, -0.05) is 30.3 Å². The number of nitrogens with zero attached hydrogens (tertiary/aromatic N) is 1. The normalized spacial score (nSPS) is 18.7. The third-order valence-corrected chi connectivity index (χ3v) is 6.99. The smallest absolute Gasteiger partial charge is 0.307 e. The summed E-state index contributed by atoms with van der Waals surface area (Å²) in [7, 11) is 1.53. The molecule has 1 N–H and O–H groups in total. The second kappa shape index (κ2) is 9.13. The number of fused-ring (bicyclic) bond motifs is 1. The van der Waals surface area contributed by atoms with Crippen molar-refractivity contribution in [1.29, 1.82) is 0 Å². The number of methoxy groups -OCH3 is 1. The standard InChI is InChI=1S/C28H25F2NO4/c1-35-26-9-6-16(13-27(32)33)12-21(26)17-7-8-25(30)19-10-11-31(15-23(17)19)28(34)22-14-20(22)18-4-2-3-5-24(18)29/h2-9,12,20,22H,10-11,13-15H2,1H3,(H,32,33). The van der Waals surface area contributed by atoms with Crippen molar-refractivity contribution >= 4 is 11.9 Å². The van der Waals surface area contributed by atoms with E-state index in [-0.39, 0.29) is 42.3 Å². The zero-order valence-corrected chi connectivity index (χ0v) is 19.3. The van der Waals surface area contributed by atoms with E-state index in [4.69, 9.17) is 4.74 Å². The SMILES string of the molecule is COc1ccc(CC(=O)O)cc1-c1ccc(F)c2c1CN(C(=O)C1CC1c1ccccc1F)CC2. The van der Waals surface area contributed by atoms with Crippen molar-refractivity contribution < 1.29 is 28.2 Å². The van der Waals surface area contributed by atoms with E-state index in [0.717, 1.165) is 0 Å². The van der Waals surface area contributed by atoms with E-state index in [2.05, 4.69) is 0 Å². The molecule has 5 nitrogen and oxygen atoms in total. The van der Waals surface area contributed by atoms with Gasteiger partial charge in [-0.2, -0.15) is 0 Å². The summed E-state index contributed by atoms with van der Waals surface area (Å²) in [5.41, 5.74) is 3.78. The van der Waals surface area contributed by atoms with Crippen molar-refractivity contribution in [2.45, 2.75) is 31.7 Å². The molecule has 2 unspecified atom stereocenters. The first-order valence-electron chi connectivity index (χ1n) is 11.6. The minimum atomic E-state index is -0.951. The van der Waals surface area contributed by atoms with Gasteiger partial charge >= 0.3 is 5.97 Å². The highest BCUT2D eigenvalue weighted by molar-refractivity contribution is 5.84. The first-order valence-corrected chi connectivity index (χ1v) is 11.6. The molecule has 0 spiro atoms. The number of carbonyl (C=O) groups excluding carboxylic acids is 1. The largest absolute Gasteiger partial charge is 0.496 e. The number of hydrogen-bond acceptors (Lipinski definition) is 3. The lowest BCUT2D eigenvalue weighted by atomic mass is 9.89. The maximum Gasteiger partial charge on any atom is 0.307 e. The third kappa shape index (κ3) is 4.38. The van der Waals surface area contributed by atoms with Crippen molar-refractivity contribution in [3.63, 3.8) is 0 Å². The van der Waals surface area contributed by atoms with Crippen LogP contribution < -0.4 is 4.74 Å². The number of ether oxygens (including phenoxy) is 1. The average Bonchev–Trinajstić information content (AvgIpc) is 3.64. The van der Waals surface area contributed by atoms with Crippen LogP contribution in [0.1, 0.15) is 34.6 Å². The van der Waals surface area contributed by atoms with Crippen LogP contribution in [0.2, 0.25) is 0 Å². The predicted molar refractivity (Wildman–Crippen MR) is 126 cm³/mol. The van der Waals surface area contributed by atoms with Gasteiger partial charge in [0.15, 0.2) is 0 Å². The van der Waals surface area contributed by atoms with Crippen LogP contribution in [0.5, 0.6) is 5.75 Å². The van der Waals surface area contributed by atoms with E-state index >= 15 is 0 Å². The Kier molecular flexibility index (Phi) is 6.01. The van der Waals surface area contributed by atoms with Crippen molar-refractivity contribution in [3.8, 4) is 16.9 Å². The van der Waals surface area contributed by atoms with Gasteiger partial charge in [0.25, 0.3) is 0 Å². The van der Waals surface area contributed by atoms with Gasteiger partial charge in [0.05, 0.1) is 13.5 Å². The zero-order valence-electron chi connectivity index (χ0n) is 19.3. The fraction of sp³-hybridized carbons (Fsp3) is 0.286. The van der Waals surface area contributed by atoms with E-state index in [1.54, 1.807) is 47.4 Å². The molecule has 1 heterocycles. The van der Waals surface area contributed by atoms with Crippen molar-refractivity contribution in [2.24, 2.45) is 5.92 Å². The lowest BCUT2D eigenvalue weighted by Crippen LogP contribution is -2.37. The monoisotopic (exact) mass is 477 g/mol. The number of carboxylic acids is 1. The van der Waals surface area contributed by atoms with Crippen LogP contribution in [0.25, 0.3) is 11.1 Å². The topological polar surface area (TPSA) is 66.8 Å². The number of carboxylic acid groups (broad SMARTS) is 1. The molecule has 2 atom stereocenters. The van der Waals surface area contributed by atoms with Crippen LogP contribution >= 0.6 is 0 Å². The Morgan fingerprint density at radius 1 is 1.03 bits per heavy atom. The molecule has 180 valence electrons. The lowest BCUT2D eigenvalue weighted by Gasteiger charge is -2.31. The summed E-state index contributed by atoms with van der Waals surface area (Å²) >= 11 is 0. The molecule has 1 amide bonds. The van der Waals surface area contributed by atoms with E-state index in [0.29, 0.717) is 58.5 Å². The van der Waals surface area contributed by atoms with Crippen LogP contribution in [0.15, 0.2) is 54.6 Å². The van der Waals surface area contributed by atoms with Gasteiger partial charge in [0.2, 0.25) is 5.91 Å². The van der Waals surface area contributed by atoms with E-state index in [1.807, 2.05) is 0 Å². The Hall–Kier alpha value is -3.74. The molecule has 3 aromatic carbocycles. The predicted octanol–water partition coefficient (Wildman–Crippen LogP) is 4.96. The highest BCUT2D eigenvalue weighted by Crippen LogP contribution is 2.50. The molecule has 1 aliphatic carbocycles. The molecule has 1 aliphatic heterocycles. The molecule has 1 saturated carbocycles. The Labute approximate surface area is 202 Å². The van der Waals surface area contributed by atoms with E-state index < -0.39 is 5.97 Å². The number of halogens is 2. The quantitative estimate of drug-likeness (QED) is 0.545. The number of aliphatic carboxylic acids is 1.